The zero-order valence-corrected chi connectivity index (χ0v) is 10.3. The minimum atomic E-state index is -0.127. The first-order valence-corrected chi connectivity index (χ1v) is 5.98. The summed E-state index contributed by atoms with van der Waals surface area (Å²) in [7, 11) is 0. The molecule has 0 bridgehead atoms. The van der Waals surface area contributed by atoms with Crippen LogP contribution in [0.1, 0.15) is 18.9 Å². The highest BCUT2D eigenvalue weighted by Crippen LogP contribution is 1.98. The Bertz CT molecular complexity index is 327. The van der Waals surface area contributed by atoms with Gasteiger partial charge in [-0.15, -0.1) is 0 Å². The van der Waals surface area contributed by atoms with Gasteiger partial charge in [0.25, 0.3) is 0 Å². The highest BCUT2D eigenvalue weighted by atomic mass is 16.2. The van der Waals surface area contributed by atoms with Crippen LogP contribution >= 0.6 is 0 Å². The number of hydrogen-bond acceptors (Lipinski definition) is 2. The van der Waals surface area contributed by atoms with Gasteiger partial charge >= 0.3 is 6.03 Å². The number of rotatable bonds is 6. The van der Waals surface area contributed by atoms with E-state index in [2.05, 4.69) is 17.6 Å². The third-order valence-electron chi connectivity index (χ3n) is 2.57. The second-order valence-electron chi connectivity index (χ2n) is 4.23. The van der Waals surface area contributed by atoms with Gasteiger partial charge in [0.15, 0.2) is 0 Å². The van der Waals surface area contributed by atoms with Crippen molar-refractivity contribution in [2.75, 3.05) is 13.1 Å². The lowest BCUT2D eigenvalue weighted by Crippen LogP contribution is -2.37. The lowest BCUT2D eigenvalue weighted by atomic mass is 10.1. The monoisotopic (exact) mass is 235 g/mol. The average Bonchev–Trinajstić information content (AvgIpc) is 2.35. The highest BCUT2D eigenvalue weighted by Gasteiger charge is 2.04. The standard InChI is InChI=1S/C13H21N3O/c1-11(7-8-14)9-15-13(17)16-10-12-5-3-2-4-6-12/h2-6,11H,7-10,14H2,1H3,(H2,15,16,17). The van der Waals surface area contributed by atoms with E-state index in [-0.39, 0.29) is 6.03 Å². The molecule has 0 aliphatic carbocycles. The summed E-state index contributed by atoms with van der Waals surface area (Å²) in [5.41, 5.74) is 6.54. The van der Waals surface area contributed by atoms with Crippen molar-refractivity contribution in [1.29, 1.82) is 0 Å². The van der Waals surface area contributed by atoms with Crippen LogP contribution in [0.2, 0.25) is 0 Å². The Morgan fingerprint density at radius 1 is 1.29 bits per heavy atom. The van der Waals surface area contributed by atoms with E-state index < -0.39 is 0 Å². The van der Waals surface area contributed by atoms with Gasteiger partial charge in [-0.2, -0.15) is 0 Å². The van der Waals surface area contributed by atoms with Gasteiger partial charge in [-0.3, -0.25) is 0 Å². The number of nitrogens with two attached hydrogens (primary N) is 1. The fourth-order valence-electron chi connectivity index (χ4n) is 1.49. The van der Waals surface area contributed by atoms with E-state index >= 15 is 0 Å². The smallest absolute Gasteiger partial charge is 0.315 e. The van der Waals surface area contributed by atoms with Crippen LogP contribution in [0.15, 0.2) is 30.3 Å². The van der Waals surface area contributed by atoms with E-state index in [0.29, 0.717) is 25.6 Å². The van der Waals surface area contributed by atoms with Crippen LogP contribution in [0.25, 0.3) is 0 Å². The third-order valence-corrected chi connectivity index (χ3v) is 2.57. The summed E-state index contributed by atoms with van der Waals surface area (Å²) in [6.45, 7) is 3.95. The van der Waals surface area contributed by atoms with Crippen LogP contribution in [0, 0.1) is 5.92 Å². The first kappa shape index (κ1) is 13.5. The number of urea groups is 1. The van der Waals surface area contributed by atoms with Crippen LogP contribution in [0.5, 0.6) is 0 Å². The number of benzene rings is 1. The van der Waals surface area contributed by atoms with E-state index in [9.17, 15) is 4.79 Å². The minimum Gasteiger partial charge on any atom is -0.338 e. The highest BCUT2D eigenvalue weighted by molar-refractivity contribution is 5.73. The van der Waals surface area contributed by atoms with Gasteiger partial charge in [0.1, 0.15) is 0 Å². The van der Waals surface area contributed by atoms with Gasteiger partial charge in [0.2, 0.25) is 0 Å². The van der Waals surface area contributed by atoms with Crippen molar-refractivity contribution in [3.8, 4) is 0 Å². The van der Waals surface area contributed by atoms with Gasteiger partial charge in [0, 0.05) is 13.1 Å². The molecule has 17 heavy (non-hydrogen) atoms. The van der Waals surface area contributed by atoms with Gasteiger partial charge in [0.05, 0.1) is 0 Å². The number of hydrogen-bond donors (Lipinski definition) is 3. The van der Waals surface area contributed by atoms with Crippen LogP contribution < -0.4 is 16.4 Å². The molecule has 94 valence electrons. The van der Waals surface area contributed by atoms with Gasteiger partial charge in [-0.05, 0) is 24.4 Å². The third kappa shape index (κ3) is 5.92. The first-order valence-electron chi connectivity index (χ1n) is 5.98. The topological polar surface area (TPSA) is 67.1 Å². The van der Waals surface area contributed by atoms with Crippen LogP contribution in [0.3, 0.4) is 0 Å². The molecule has 1 rings (SSSR count). The maximum atomic E-state index is 11.5. The summed E-state index contributed by atoms with van der Waals surface area (Å²) in [5.74, 6) is 0.419. The Kier molecular flexibility index (Phi) is 6.10. The van der Waals surface area contributed by atoms with Crippen molar-refractivity contribution < 1.29 is 4.79 Å². The molecule has 0 heterocycles. The molecule has 0 saturated carbocycles. The van der Waals surface area contributed by atoms with Gasteiger partial charge in [-0.1, -0.05) is 37.3 Å². The Hall–Kier alpha value is -1.55. The van der Waals surface area contributed by atoms with Crippen LogP contribution in [-0.4, -0.2) is 19.1 Å². The summed E-state index contributed by atoms with van der Waals surface area (Å²) in [4.78, 5) is 11.5. The minimum absolute atomic E-state index is 0.127. The molecule has 2 amide bonds. The maximum absolute atomic E-state index is 11.5. The average molecular weight is 235 g/mol. The maximum Gasteiger partial charge on any atom is 0.315 e. The molecule has 0 radical (unpaired) electrons. The van der Waals surface area contributed by atoms with Gasteiger partial charge in [-0.25, -0.2) is 4.79 Å². The van der Waals surface area contributed by atoms with E-state index in [1.165, 1.54) is 0 Å². The molecule has 1 aromatic rings. The molecule has 4 N–H and O–H groups in total. The normalized spacial score (nSPS) is 11.9. The van der Waals surface area contributed by atoms with E-state index in [1.807, 2.05) is 30.3 Å². The summed E-state index contributed by atoms with van der Waals surface area (Å²) in [6, 6.07) is 9.71. The molecule has 0 fully saturated rings. The molecule has 1 aromatic carbocycles. The number of carbonyl (C=O) groups is 1. The molecule has 1 atom stereocenters. The Morgan fingerprint density at radius 2 is 2.00 bits per heavy atom. The molecule has 0 aliphatic heterocycles. The fraction of sp³-hybridized carbons (Fsp3) is 0.462. The predicted molar refractivity (Wildman–Crippen MR) is 69.5 cm³/mol. The summed E-state index contributed by atoms with van der Waals surface area (Å²) >= 11 is 0. The Balaban J connectivity index is 2.17. The molecule has 0 saturated heterocycles. The van der Waals surface area contributed by atoms with Crippen LogP contribution in [-0.2, 0) is 6.54 Å². The lowest BCUT2D eigenvalue weighted by molar-refractivity contribution is 0.238. The molecule has 4 nitrogen and oxygen atoms in total. The Morgan fingerprint density at radius 3 is 2.65 bits per heavy atom. The van der Waals surface area contributed by atoms with Crippen molar-refractivity contribution in [3.63, 3.8) is 0 Å². The predicted octanol–water partition coefficient (Wildman–Crippen LogP) is 1.47. The van der Waals surface area contributed by atoms with E-state index in [1.54, 1.807) is 0 Å². The van der Waals surface area contributed by atoms with Crippen LogP contribution in [0.4, 0.5) is 4.79 Å². The Labute approximate surface area is 103 Å². The second-order valence-corrected chi connectivity index (χ2v) is 4.23. The summed E-state index contributed by atoms with van der Waals surface area (Å²) in [5, 5.41) is 5.65. The van der Waals surface area contributed by atoms with E-state index in [0.717, 1.165) is 12.0 Å². The lowest BCUT2D eigenvalue weighted by Gasteiger charge is -2.12. The van der Waals surface area contributed by atoms with Crippen molar-refractivity contribution in [3.05, 3.63) is 35.9 Å². The second kappa shape index (κ2) is 7.68. The summed E-state index contributed by atoms with van der Waals surface area (Å²) < 4.78 is 0. The summed E-state index contributed by atoms with van der Waals surface area (Å²) in [6.07, 6.45) is 0.930. The number of amides is 2. The number of nitrogens with one attached hydrogen (secondary N) is 2. The largest absolute Gasteiger partial charge is 0.338 e. The fourth-order valence-corrected chi connectivity index (χ4v) is 1.49. The molecular weight excluding hydrogens is 214 g/mol. The molecule has 4 heteroatoms. The molecular formula is C13H21N3O. The van der Waals surface area contributed by atoms with Crippen molar-refractivity contribution in [2.24, 2.45) is 11.7 Å². The number of carbonyl (C=O) groups excluding carboxylic acids is 1. The zero-order valence-electron chi connectivity index (χ0n) is 10.3. The SMILES string of the molecule is CC(CCN)CNC(=O)NCc1ccccc1. The van der Waals surface area contributed by atoms with Gasteiger partial charge < -0.3 is 16.4 Å². The van der Waals surface area contributed by atoms with Crippen molar-refractivity contribution in [1.82, 2.24) is 10.6 Å². The molecule has 0 spiro atoms. The molecule has 0 aromatic heterocycles. The van der Waals surface area contributed by atoms with Crippen molar-refractivity contribution >= 4 is 6.03 Å². The zero-order chi connectivity index (χ0) is 12.5. The van der Waals surface area contributed by atoms with E-state index in [4.69, 9.17) is 5.73 Å². The molecule has 1 unspecified atom stereocenters. The quantitative estimate of drug-likeness (QED) is 0.699. The molecule has 0 aliphatic rings. The van der Waals surface area contributed by atoms with Crippen molar-refractivity contribution in [2.45, 2.75) is 19.9 Å². The first-order chi connectivity index (χ1) is 8.22.